The van der Waals surface area contributed by atoms with E-state index < -0.39 is 11.0 Å². The van der Waals surface area contributed by atoms with Crippen LogP contribution in [-0.2, 0) is 17.8 Å². The molecule has 116 valence electrons. The maximum Gasteiger partial charge on any atom is 0.389 e. The Hall–Kier alpha value is -2.74. The van der Waals surface area contributed by atoms with E-state index in [1.165, 1.54) is 16.9 Å². The van der Waals surface area contributed by atoms with Crippen molar-refractivity contribution in [2.45, 2.75) is 19.0 Å². The molecule has 8 nitrogen and oxygen atoms in total. The summed E-state index contributed by atoms with van der Waals surface area (Å²) in [5, 5.41) is 26.2. The van der Waals surface area contributed by atoms with Crippen molar-refractivity contribution in [3.8, 4) is 0 Å². The second kappa shape index (κ2) is 7.32. The molecule has 0 aliphatic rings. The van der Waals surface area contributed by atoms with Gasteiger partial charge in [-0.2, -0.15) is 4.68 Å². The minimum atomic E-state index is -0.625. The van der Waals surface area contributed by atoms with Crippen molar-refractivity contribution in [1.29, 1.82) is 0 Å². The quantitative estimate of drug-likeness (QED) is 0.572. The summed E-state index contributed by atoms with van der Waals surface area (Å²) < 4.78 is 1.18. The summed E-state index contributed by atoms with van der Waals surface area (Å²) >= 11 is 0. The molecule has 8 heteroatoms. The van der Waals surface area contributed by atoms with E-state index in [4.69, 9.17) is 0 Å². The number of aromatic nitrogens is 2. The molecule has 0 fully saturated rings. The molecule has 0 spiro atoms. The fraction of sp³-hybridized carbons (Fsp3) is 0.286. The average molecular weight is 304 g/mol. The van der Waals surface area contributed by atoms with Crippen LogP contribution >= 0.6 is 0 Å². The van der Waals surface area contributed by atoms with Crippen LogP contribution in [0, 0.1) is 10.1 Å². The monoisotopic (exact) mass is 304 g/mol. The third-order valence-corrected chi connectivity index (χ3v) is 3.03. The van der Waals surface area contributed by atoms with Crippen LogP contribution in [0.15, 0.2) is 42.6 Å². The second-order valence-electron chi connectivity index (χ2n) is 4.77. The van der Waals surface area contributed by atoms with Crippen molar-refractivity contribution in [2.24, 2.45) is 0 Å². The van der Waals surface area contributed by atoms with Gasteiger partial charge >= 0.3 is 5.82 Å². The van der Waals surface area contributed by atoms with Gasteiger partial charge in [0.15, 0.2) is 0 Å². The lowest BCUT2D eigenvalue weighted by Crippen LogP contribution is -2.40. The number of aliphatic hydroxyl groups is 1. The molecule has 1 aromatic heterocycles. The van der Waals surface area contributed by atoms with E-state index in [0.29, 0.717) is 6.42 Å². The van der Waals surface area contributed by atoms with Crippen LogP contribution in [0.2, 0.25) is 0 Å². The summed E-state index contributed by atoms with van der Waals surface area (Å²) in [6, 6.07) is 10.3. The maximum atomic E-state index is 11.9. The Morgan fingerprint density at radius 3 is 2.68 bits per heavy atom. The van der Waals surface area contributed by atoms with Crippen molar-refractivity contribution in [3.63, 3.8) is 0 Å². The third kappa shape index (κ3) is 4.38. The van der Waals surface area contributed by atoms with Gasteiger partial charge < -0.3 is 20.5 Å². The number of aliphatic hydroxyl groups excluding tert-OH is 1. The van der Waals surface area contributed by atoms with Gasteiger partial charge in [-0.1, -0.05) is 30.3 Å². The van der Waals surface area contributed by atoms with Gasteiger partial charge in [0.05, 0.1) is 30.0 Å². The first-order valence-electron chi connectivity index (χ1n) is 6.70. The Kier molecular flexibility index (Phi) is 5.21. The molecule has 0 saturated heterocycles. The summed E-state index contributed by atoms with van der Waals surface area (Å²) in [7, 11) is 0. The number of carbonyl (C=O) groups is 1. The highest BCUT2D eigenvalue weighted by molar-refractivity contribution is 5.76. The average Bonchev–Trinajstić information content (AvgIpc) is 2.96. The molecule has 2 rings (SSSR count). The summed E-state index contributed by atoms with van der Waals surface area (Å²) in [5.74, 6) is -0.677. The Balaban J connectivity index is 1.90. The Bertz CT molecular complexity index is 641. The first-order chi connectivity index (χ1) is 10.6. The predicted octanol–water partition coefficient (Wildman–Crippen LogP) is 0.511. The highest BCUT2D eigenvalue weighted by atomic mass is 16.6. The molecule has 1 heterocycles. The van der Waals surface area contributed by atoms with Crippen LogP contribution in [0.3, 0.4) is 0 Å². The van der Waals surface area contributed by atoms with E-state index >= 15 is 0 Å². The number of rotatable bonds is 7. The zero-order valence-electron chi connectivity index (χ0n) is 11.8. The maximum absolute atomic E-state index is 11.9. The van der Waals surface area contributed by atoms with Gasteiger partial charge in [-0.25, -0.2) is 0 Å². The van der Waals surface area contributed by atoms with Gasteiger partial charge in [-0.15, -0.1) is 0 Å². The fourth-order valence-electron chi connectivity index (χ4n) is 2.02. The molecule has 1 atom stereocenters. The number of amides is 1. The van der Waals surface area contributed by atoms with Crippen LogP contribution in [-0.4, -0.2) is 38.4 Å². The molecular formula is C14H16N4O4. The molecule has 2 N–H and O–H groups in total. The molecule has 0 radical (unpaired) electrons. The van der Waals surface area contributed by atoms with Crippen LogP contribution in [0.5, 0.6) is 0 Å². The molecule has 22 heavy (non-hydrogen) atoms. The summed E-state index contributed by atoms with van der Waals surface area (Å²) in [4.78, 5) is 21.8. The zero-order valence-corrected chi connectivity index (χ0v) is 11.8. The van der Waals surface area contributed by atoms with E-state index in [1.807, 2.05) is 30.3 Å². The van der Waals surface area contributed by atoms with Crippen molar-refractivity contribution in [2.75, 3.05) is 6.61 Å². The minimum Gasteiger partial charge on any atom is -0.394 e. The summed E-state index contributed by atoms with van der Waals surface area (Å²) in [5.41, 5.74) is 0.997. The number of nitro groups is 1. The van der Waals surface area contributed by atoms with Crippen molar-refractivity contribution >= 4 is 11.7 Å². The molecule has 0 aliphatic carbocycles. The Morgan fingerprint density at radius 2 is 2.09 bits per heavy atom. The van der Waals surface area contributed by atoms with E-state index in [-0.39, 0.29) is 24.9 Å². The summed E-state index contributed by atoms with van der Waals surface area (Å²) in [6.07, 6.45) is 1.87. The molecule has 0 aliphatic heterocycles. The van der Waals surface area contributed by atoms with Gasteiger partial charge in [0.25, 0.3) is 0 Å². The van der Waals surface area contributed by atoms with Gasteiger partial charge in [-0.05, 0) is 16.9 Å². The molecule has 1 amide bonds. The number of carbonyl (C=O) groups excluding carboxylic acids is 1. The topological polar surface area (TPSA) is 110 Å². The van der Waals surface area contributed by atoms with Crippen molar-refractivity contribution < 1.29 is 14.8 Å². The van der Waals surface area contributed by atoms with E-state index in [2.05, 4.69) is 10.4 Å². The normalized spacial score (nSPS) is 11.9. The number of hydrogen-bond donors (Lipinski definition) is 2. The lowest BCUT2D eigenvalue weighted by atomic mass is 10.1. The highest BCUT2D eigenvalue weighted by Gasteiger charge is 2.16. The van der Waals surface area contributed by atoms with Crippen LogP contribution in [0.1, 0.15) is 5.56 Å². The van der Waals surface area contributed by atoms with E-state index in [0.717, 1.165) is 5.56 Å². The molecule has 2 aromatic rings. The molecule has 0 bridgehead atoms. The predicted molar refractivity (Wildman–Crippen MR) is 78.0 cm³/mol. The lowest BCUT2D eigenvalue weighted by Gasteiger charge is -2.16. The van der Waals surface area contributed by atoms with Crippen LogP contribution < -0.4 is 5.32 Å². The molecule has 0 saturated carbocycles. The largest absolute Gasteiger partial charge is 0.394 e. The first kappa shape index (κ1) is 15.6. The van der Waals surface area contributed by atoms with Gasteiger partial charge in [0, 0.05) is 0 Å². The van der Waals surface area contributed by atoms with E-state index in [9.17, 15) is 20.0 Å². The van der Waals surface area contributed by atoms with Crippen LogP contribution in [0.25, 0.3) is 0 Å². The number of nitrogens with zero attached hydrogens (tertiary/aromatic N) is 3. The third-order valence-electron chi connectivity index (χ3n) is 3.03. The Labute approximate surface area is 126 Å². The molecular weight excluding hydrogens is 288 g/mol. The first-order valence-corrected chi connectivity index (χ1v) is 6.70. The van der Waals surface area contributed by atoms with E-state index in [1.54, 1.807) is 0 Å². The lowest BCUT2D eigenvalue weighted by molar-refractivity contribution is -0.389. The van der Waals surface area contributed by atoms with Crippen LogP contribution in [0.4, 0.5) is 5.82 Å². The van der Waals surface area contributed by atoms with Gasteiger partial charge in [0.1, 0.15) is 6.54 Å². The number of nitrogens with one attached hydrogen (secondary N) is 1. The Morgan fingerprint density at radius 1 is 1.36 bits per heavy atom. The zero-order chi connectivity index (χ0) is 15.9. The highest BCUT2D eigenvalue weighted by Crippen LogP contribution is 2.06. The SMILES string of the molecule is O=C(Cn1ccc([N+](=O)[O-])n1)NC(CO)Cc1ccccc1. The fourth-order valence-corrected chi connectivity index (χ4v) is 2.02. The van der Waals surface area contributed by atoms with Gasteiger partial charge in [-0.3, -0.25) is 4.79 Å². The number of hydrogen-bond acceptors (Lipinski definition) is 5. The van der Waals surface area contributed by atoms with Gasteiger partial charge in [0.2, 0.25) is 5.91 Å². The standard InChI is InChI=1S/C14H16N4O4/c19-10-12(8-11-4-2-1-3-5-11)15-14(20)9-17-7-6-13(16-17)18(21)22/h1-7,12,19H,8-10H2,(H,15,20). The number of benzene rings is 1. The minimum absolute atomic E-state index is 0.140. The molecule has 1 unspecified atom stereocenters. The molecule has 1 aromatic carbocycles. The second-order valence-corrected chi connectivity index (χ2v) is 4.77. The smallest absolute Gasteiger partial charge is 0.389 e. The van der Waals surface area contributed by atoms with Crippen molar-refractivity contribution in [3.05, 3.63) is 58.3 Å². The van der Waals surface area contributed by atoms with Crippen molar-refractivity contribution in [1.82, 2.24) is 15.1 Å². The summed E-state index contributed by atoms with van der Waals surface area (Å²) in [6.45, 7) is -0.334.